The predicted octanol–water partition coefficient (Wildman–Crippen LogP) is 1.67. The number of carboxylic acids is 1. The molecule has 0 aromatic heterocycles. The van der Waals surface area contributed by atoms with Crippen LogP contribution in [0.1, 0.15) is 13.3 Å². The Kier molecular flexibility index (Phi) is 5.89. The smallest absolute Gasteiger partial charge is 0.305 e. The van der Waals surface area contributed by atoms with Crippen molar-refractivity contribution in [2.75, 3.05) is 19.7 Å². The van der Waals surface area contributed by atoms with Crippen LogP contribution < -0.4 is 4.74 Å². The Hall–Kier alpha value is -2.18. The van der Waals surface area contributed by atoms with Crippen LogP contribution in [0, 0.1) is 11.6 Å². The summed E-state index contributed by atoms with van der Waals surface area (Å²) in [5, 5.41) is 8.56. The van der Waals surface area contributed by atoms with Crippen molar-refractivity contribution in [3.8, 4) is 5.75 Å². The number of nitrogens with zero attached hydrogens (tertiary/aromatic N) is 1. The van der Waals surface area contributed by atoms with E-state index in [2.05, 4.69) is 0 Å². The predicted molar refractivity (Wildman–Crippen MR) is 66.4 cm³/mol. The van der Waals surface area contributed by atoms with Crippen LogP contribution in [0.3, 0.4) is 0 Å². The van der Waals surface area contributed by atoms with Crippen molar-refractivity contribution in [3.05, 3.63) is 29.8 Å². The Morgan fingerprint density at radius 3 is 2.60 bits per heavy atom. The minimum atomic E-state index is -1.01. The highest BCUT2D eigenvalue weighted by atomic mass is 19.1. The summed E-state index contributed by atoms with van der Waals surface area (Å²) in [6, 6.07) is 2.76. The first kappa shape index (κ1) is 15.9. The quantitative estimate of drug-likeness (QED) is 0.828. The highest BCUT2D eigenvalue weighted by Crippen LogP contribution is 2.17. The van der Waals surface area contributed by atoms with E-state index in [1.54, 1.807) is 6.92 Å². The second kappa shape index (κ2) is 7.42. The topological polar surface area (TPSA) is 66.8 Å². The molecule has 0 fully saturated rings. The number of amides is 1. The highest BCUT2D eigenvalue weighted by molar-refractivity contribution is 5.78. The van der Waals surface area contributed by atoms with E-state index in [9.17, 15) is 18.4 Å². The molecule has 0 atom stereocenters. The van der Waals surface area contributed by atoms with E-state index in [-0.39, 0.29) is 18.7 Å². The van der Waals surface area contributed by atoms with Gasteiger partial charge < -0.3 is 14.7 Å². The third-order valence-corrected chi connectivity index (χ3v) is 2.58. The van der Waals surface area contributed by atoms with Crippen LogP contribution in [0.5, 0.6) is 5.75 Å². The van der Waals surface area contributed by atoms with Crippen LogP contribution in [0.4, 0.5) is 8.78 Å². The van der Waals surface area contributed by atoms with Crippen molar-refractivity contribution < 1.29 is 28.2 Å². The molecule has 20 heavy (non-hydrogen) atoms. The summed E-state index contributed by atoms with van der Waals surface area (Å²) in [5.74, 6) is -3.34. The minimum absolute atomic E-state index is 0.0555. The maximum atomic E-state index is 13.3. The van der Waals surface area contributed by atoms with Gasteiger partial charge in [-0.3, -0.25) is 9.59 Å². The summed E-state index contributed by atoms with van der Waals surface area (Å²) >= 11 is 0. The molecule has 0 radical (unpaired) electrons. The van der Waals surface area contributed by atoms with Crippen molar-refractivity contribution in [1.29, 1.82) is 0 Å². The first-order valence-electron chi connectivity index (χ1n) is 6.01. The van der Waals surface area contributed by atoms with Gasteiger partial charge in [0.25, 0.3) is 5.91 Å². The summed E-state index contributed by atoms with van der Waals surface area (Å²) in [6.45, 7) is 1.63. The van der Waals surface area contributed by atoms with Gasteiger partial charge in [0.1, 0.15) is 5.82 Å². The maximum absolute atomic E-state index is 13.3. The van der Waals surface area contributed by atoms with Gasteiger partial charge in [0, 0.05) is 19.2 Å². The van der Waals surface area contributed by atoms with Crippen LogP contribution in [-0.4, -0.2) is 41.6 Å². The fraction of sp³-hybridized carbons (Fsp3) is 0.385. The van der Waals surface area contributed by atoms with Crippen molar-refractivity contribution >= 4 is 11.9 Å². The summed E-state index contributed by atoms with van der Waals surface area (Å²) in [6.07, 6.45) is -0.176. The normalized spacial score (nSPS) is 10.2. The molecule has 0 saturated heterocycles. The number of carbonyl (C=O) groups excluding carboxylic acids is 1. The molecule has 0 spiro atoms. The summed E-state index contributed by atoms with van der Waals surface area (Å²) in [7, 11) is 0. The number of carboxylic acid groups (broad SMARTS) is 1. The molecular weight excluding hydrogens is 272 g/mol. The van der Waals surface area contributed by atoms with Crippen molar-refractivity contribution in [3.63, 3.8) is 0 Å². The number of ether oxygens (including phenoxy) is 1. The molecule has 0 unspecified atom stereocenters. The number of rotatable bonds is 7. The van der Waals surface area contributed by atoms with Gasteiger partial charge in [0.2, 0.25) is 0 Å². The third-order valence-electron chi connectivity index (χ3n) is 2.58. The molecule has 1 N–H and O–H groups in total. The molecule has 0 aliphatic rings. The lowest BCUT2D eigenvalue weighted by Crippen LogP contribution is -2.36. The van der Waals surface area contributed by atoms with E-state index in [1.807, 2.05) is 0 Å². The van der Waals surface area contributed by atoms with Gasteiger partial charge in [-0.15, -0.1) is 0 Å². The molecule has 0 bridgehead atoms. The summed E-state index contributed by atoms with van der Waals surface area (Å²) in [5.41, 5.74) is 0. The average molecular weight is 287 g/mol. The van der Waals surface area contributed by atoms with Gasteiger partial charge in [0.15, 0.2) is 18.2 Å². The number of hydrogen-bond donors (Lipinski definition) is 1. The SMILES string of the molecule is CCN(CCC(=O)O)C(=O)COc1ccc(F)cc1F. The van der Waals surface area contributed by atoms with Gasteiger partial charge in [0.05, 0.1) is 6.42 Å². The number of likely N-dealkylation sites (N-methyl/N-ethyl adjacent to an activating group) is 1. The summed E-state index contributed by atoms with van der Waals surface area (Å²) < 4.78 is 30.9. The zero-order chi connectivity index (χ0) is 15.1. The van der Waals surface area contributed by atoms with E-state index in [0.29, 0.717) is 12.6 Å². The van der Waals surface area contributed by atoms with Crippen LogP contribution in [0.2, 0.25) is 0 Å². The Balaban J connectivity index is 2.54. The summed E-state index contributed by atoms with van der Waals surface area (Å²) in [4.78, 5) is 23.5. The van der Waals surface area contributed by atoms with E-state index in [0.717, 1.165) is 12.1 Å². The van der Waals surface area contributed by atoms with Crippen LogP contribution >= 0.6 is 0 Å². The molecule has 110 valence electrons. The van der Waals surface area contributed by atoms with E-state index in [1.165, 1.54) is 4.90 Å². The molecule has 5 nitrogen and oxygen atoms in total. The second-order valence-corrected chi connectivity index (χ2v) is 3.98. The zero-order valence-electron chi connectivity index (χ0n) is 10.9. The fourth-order valence-corrected chi connectivity index (χ4v) is 1.51. The highest BCUT2D eigenvalue weighted by Gasteiger charge is 2.14. The Morgan fingerprint density at radius 1 is 1.35 bits per heavy atom. The van der Waals surface area contributed by atoms with Crippen molar-refractivity contribution in [2.45, 2.75) is 13.3 Å². The number of hydrogen-bond acceptors (Lipinski definition) is 3. The van der Waals surface area contributed by atoms with E-state index in [4.69, 9.17) is 9.84 Å². The Bertz CT molecular complexity index is 493. The first-order chi connectivity index (χ1) is 9.43. The van der Waals surface area contributed by atoms with Crippen LogP contribution in [-0.2, 0) is 9.59 Å². The lowest BCUT2D eigenvalue weighted by Gasteiger charge is -2.20. The monoisotopic (exact) mass is 287 g/mol. The molecular formula is C13H15F2NO4. The molecule has 1 amide bonds. The van der Waals surface area contributed by atoms with Crippen molar-refractivity contribution in [2.24, 2.45) is 0 Å². The largest absolute Gasteiger partial charge is 0.481 e. The zero-order valence-corrected chi connectivity index (χ0v) is 10.9. The maximum Gasteiger partial charge on any atom is 0.305 e. The Morgan fingerprint density at radius 2 is 2.05 bits per heavy atom. The van der Waals surface area contributed by atoms with Crippen LogP contribution in [0.25, 0.3) is 0 Å². The number of benzene rings is 1. The van der Waals surface area contributed by atoms with E-state index >= 15 is 0 Å². The molecule has 1 rings (SSSR count). The van der Waals surface area contributed by atoms with Crippen molar-refractivity contribution in [1.82, 2.24) is 4.90 Å². The first-order valence-corrected chi connectivity index (χ1v) is 6.01. The molecule has 1 aromatic rings. The third kappa shape index (κ3) is 4.83. The Labute approximate surface area is 114 Å². The van der Waals surface area contributed by atoms with Gasteiger partial charge in [-0.2, -0.15) is 0 Å². The van der Waals surface area contributed by atoms with Gasteiger partial charge >= 0.3 is 5.97 Å². The molecule has 0 aliphatic carbocycles. The molecule has 0 saturated carbocycles. The van der Waals surface area contributed by atoms with Gasteiger partial charge in [-0.05, 0) is 19.1 Å². The molecule has 7 heteroatoms. The van der Waals surface area contributed by atoms with Gasteiger partial charge in [-0.25, -0.2) is 8.78 Å². The number of halogens is 2. The fourth-order valence-electron chi connectivity index (χ4n) is 1.51. The minimum Gasteiger partial charge on any atom is -0.481 e. The molecule has 0 aliphatic heterocycles. The second-order valence-electron chi connectivity index (χ2n) is 3.98. The average Bonchev–Trinajstić information content (AvgIpc) is 2.38. The lowest BCUT2D eigenvalue weighted by molar-refractivity contribution is -0.139. The lowest BCUT2D eigenvalue weighted by atomic mass is 10.3. The molecule has 0 heterocycles. The molecule has 1 aromatic carbocycles. The number of carbonyl (C=O) groups is 2. The van der Waals surface area contributed by atoms with E-state index < -0.39 is 30.1 Å². The standard InChI is InChI=1S/C13H15F2NO4/c1-2-16(6-5-13(18)19)12(17)8-20-11-4-3-9(14)7-10(11)15/h3-4,7H,2,5-6,8H2,1H3,(H,18,19). The number of aliphatic carboxylic acids is 1. The van der Waals surface area contributed by atoms with Crippen LogP contribution in [0.15, 0.2) is 18.2 Å². The van der Waals surface area contributed by atoms with Gasteiger partial charge in [-0.1, -0.05) is 0 Å².